The summed E-state index contributed by atoms with van der Waals surface area (Å²) < 4.78 is 65.5. The minimum absolute atomic E-state index is 0.00771. The van der Waals surface area contributed by atoms with E-state index in [4.69, 9.17) is 0 Å². The Bertz CT molecular complexity index is 1010. The second-order valence-corrected chi connectivity index (χ2v) is 9.13. The van der Waals surface area contributed by atoms with Crippen LogP contribution in [0, 0.1) is 0 Å². The molecule has 3 N–H and O–H groups in total. The molecule has 2 aromatic rings. The summed E-state index contributed by atoms with van der Waals surface area (Å²) in [6.07, 6.45) is -3.22. The Balaban J connectivity index is 1.60. The molecule has 0 spiro atoms. The van der Waals surface area contributed by atoms with Crippen molar-refractivity contribution in [2.75, 3.05) is 5.32 Å². The van der Waals surface area contributed by atoms with Crippen molar-refractivity contribution in [2.45, 2.75) is 48.9 Å². The molecule has 30 heavy (non-hydrogen) atoms. The molecule has 0 radical (unpaired) electrons. The van der Waals surface area contributed by atoms with Crippen molar-refractivity contribution in [1.29, 1.82) is 0 Å². The topological polar surface area (TPSA) is 95.5 Å². The van der Waals surface area contributed by atoms with Crippen LogP contribution in [-0.4, -0.2) is 31.6 Å². The van der Waals surface area contributed by atoms with Gasteiger partial charge in [0.2, 0.25) is 15.9 Å². The van der Waals surface area contributed by atoms with Crippen LogP contribution >= 0.6 is 0 Å². The summed E-state index contributed by atoms with van der Waals surface area (Å²) in [5.74, 6) is -0.419. The smallest absolute Gasteiger partial charge is 0.376 e. The largest absolute Gasteiger partial charge is 0.421 e. The van der Waals surface area contributed by atoms with Crippen LogP contribution in [0.1, 0.15) is 30.9 Å². The van der Waals surface area contributed by atoms with Gasteiger partial charge >= 0.3 is 6.18 Å². The third-order valence-corrected chi connectivity index (χ3v) is 6.32. The molecule has 0 aromatic heterocycles. The molecule has 3 rings (SSSR count). The van der Waals surface area contributed by atoms with Crippen LogP contribution < -0.4 is 10.0 Å². The predicted octanol–water partition coefficient (Wildman–Crippen LogP) is 3.08. The summed E-state index contributed by atoms with van der Waals surface area (Å²) >= 11 is 0. The highest BCUT2D eigenvalue weighted by atomic mass is 32.2. The molecule has 1 fully saturated rings. The van der Waals surface area contributed by atoms with E-state index in [9.17, 15) is 31.5 Å². The summed E-state index contributed by atoms with van der Waals surface area (Å²) in [5, 5.41) is 12.2. The summed E-state index contributed by atoms with van der Waals surface area (Å²) in [6, 6.07) is 10.6. The zero-order valence-corrected chi connectivity index (χ0v) is 16.8. The van der Waals surface area contributed by atoms with Crippen molar-refractivity contribution in [3.8, 4) is 0 Å². The fourth-order valence-corrected chi connectivity index (χ4v) is 4.01. The first kappa shape index (κ1) is 22.3. The fraction of sp³-hybridized carbons (Fsp3) is 0.350. The monoisotopic (exact) mass is 442 g/mol. The van der Waals surface area contributed by atoms with Gasteiger partial charge in [0, 0.05) is 11.7 Å². The second-order valence-electron chi connectivity index (χ2n) is 7.41. The Labute approximate surface area is 172 Å². The lowest BCUT2D eigenvalue weighted by Crippen LogP contribution is -2.39. The lowest BCUT2D eigenvalue weighted by atomic mass is 9.95. The van der Waals surface area contributed by atoms with Gasteiger partial charge in [-0.1, -0.05) is 24.3 Å². The van der Waals surface area contributed by atoms with Gasteiger partial charge in [0.25, 0.3) is 0 Å². The number of carbonyl (C=O) groups excluding carboxylic acids is 1. The minimum Gasteiger partial charge on any atom is -0.376 e. The first-order chi connectivity index (χ1) is 13.9. The first-order valence-corrected chi connectivity index (χ1v) is 10.7. The molecule has 0 aliphatic heterocycles. The average Bonchev–Trinajstić information content (AvgIpc) is 3.45. The summed E-state index contributed by atoms with van der Waals surface area (Å²) in [4.78, 5) is 12.3. The molecule has 1 atom stereocenters. The van der Waals surface area contributed by atoms with Crippen LogP contribution in [0.3, 0.4) is 0 Å². The van der Waals surface area contributed by atoms with Crippen molar-refractivity contribution in [1.82, 2.24) is 4.72 Å². The number of rotatable bonds is 7. The number of anilines is 1. The van der Waals surface area contributed by atoms with Gasteiger partial charge in [0.05, 0.1) is 11.3 Å². The number of aliphatic hydroxyl groups is 1. The molecule has 1 saturated carbocycles. The summed E-state index contributed by atoms with van der Waals surface area (Å²) in [6.45, 7) is 0.657. The zero-order chi connectivity index (χ0) is 22.2. The Morgan fingerprint density at radius 1 is 1.07 bits per heavy atom. The predicted molar refractivity (Wildman–Crippen MR) is 104 cm³/mol. The number of benzene rings is 2. The number of hydrogen-bond donors (Lipinski definition) is 3. The minimum atomic E-state index is -4.83. The van der Waals surface area contributed by atoms with Crippen molar-refractivity contribution >= 4 is 21.6 Å². The van der Waals surface area contributed by atoms with Gasteiger partial charge in [0.1, 0.15) is 0 Å². The van der Waals surface area contributed by atoms with E-state index in [0.717, 1.165) is 25.0 Å². The Hall–Kier alpha value is -2.43. The van der Waals surface area contributed by atoms with E-state index in [1.807, 2.05) is 0 Å². The SMILES string of the molecule is CC(O)(c1ccc(NC(=O)Cc2ccc(S(=O)(=O)NC3CC3)cc2)cc1)C(F)(F)F. The molecule has 162 valence electrons. The lowest BCUT2D eigenvalue weighted by molar-refractivity contribution is -0.258. The van der Waals surface area contributed by atoms with E-state index >= 15 is 0 Å². The van der Waals surface area contributed by atoms with Gasteiger partial charge in [0.15, 0.2) is 5.60 Å². The van der Waals surface area contributed by atoms with Gasteiger partial charge in [-0.05, 0) is 55.2 Å². The molecule has 1 aliphatic carbocycles. The molecule has 0 bridgehead atoms. The Morgan fingerprint density at radius 2 is 1.63 bits per heavy atom. The van der Waals surface area contributed by atoms with Crippen LogP contribution in [0.4, 0.5) is 18.9 Å². The molecular weight excluding hydrogens is 421 g/mol. The normalized spacial score (nSPS) is 16.7. The molecule has 10 heteroatoms. The third kappa shape index (κ3) is 5.18. The van der Waals surface area contributed by atoms with E-state index in [-0.39, 0.29) is 28.6 Å². The van der Waals surface area contributed by atoms with E-state index in [1.54, 1.807) is 0 Å². The quantitative estimate of drug-likeness (QED) is 0.614. The molecular formula is C20H21F3N2O4S. The van der Waals surface area contributed by atoms with Crippen LogP contribution in [0.2, 0.25) is 0 Å². The van der Waals surface area contributed by atoms with Gasteiger partial charge in [-0.2, -0.15) is 13.2 Å². The third-order valence-electron chi connectivity index (χ3n) is 4.78. The molecule has 6 nitrogen and oxygen atoms in total. The fourth-order valence-electron chi connectivity index (χ4n) is 2.71. The maximum Gasteiger partial charge on any atom is 0.421 e. The zero-order valence-electron chi connectivity index (χ0n) is 16.0. The van der Waals surface area contributed by atoms with Crippen molar-refractivity contribution in [3.05, 3.63) is 59.7 Å². The maximum absolute atomic E-state index is 12.9. The van der Waals surface area contributed by atoms with E-state index in [0.29, 0.717) is 12.5 Å². The highest BCUT2D eigenvalue weighted by Crippen LogP contribution is 2.38. The highest BCUT2D eigenvalue weighted by molar-refractivity contribution is 7.89. The molecule has 1 amide bonds. The van der Waals surface area contributed by atoms with Gasteiger partial charge in [-0.25, -0.2) is 13.1 Å². The number of nitrogens with one attached hydrogen (secondary N) is 2. The molecule has 1 unspecified atom stereocenters. The lowest BCUT2D eigenvalue weighted by Gasteiger charge is -2.26. The highest BCUT2D eigenvalue weighted by Gasteiger charge is 2.51. The molecule has 0 saturated heterocycles. The van der Waals surface area contributed by atoms with Crippen LogP contribution in [0.5, 0.6) is 0 Å². The number of hydrogen-bond acceptors (Lipinski definition) is 4. The van der Waals surface area contributed by atoms with Crippen molar-refractivity contribution < 1.29 is 31.5 Å². The van der Waals surface area contributed by atoms with E-state index in [1.165, 1.54) is 36.4 Å². The standard InChI is InChI=1S/C20H21F3N2O4S/c1-19(27,20(21,22)23)14-4-6-15(7-5-14)24-18(26)12-13-2-10-17(11-3-13)30(28,29)25-16-8-9-16/h2-7,10-11,16,25,27H,8-9,12H2,1H3,(H,24,26). The Morgan fingerprint density at radius 3 is 2.13 bits per heavy atom. The number of alkyl halides is 3. The van der Waals surface area contributed by atoms with Crippen LogP contribution in [0.25, 0.3) is 0 Å². The number of carbonyl (C=O) groups is 1. The number of halogens is 3. The maximum atomic E-state index is 12.9. The van der Waals surface area contributed by atoms with Gasteiger partial charge < -0.3 is 10.4 Å². The molecule has 0 heterocycles. The van der Waals surface area contributed by atoms with Crippen LogP contribution in [0.15, 0.2) is 53.4 Å². The summed E-state index contributed by atoms with van der Waals surface area (Å²) in [5.41, 5.74) is -2.49. The van der Waals surface area contributed by atoms with Crippen molar-refractivity contribution in [3.63, 3.8) is 0 Å². The second kappa shape index (κ2) is 8.01. The van der Waals surface area contributed by atoms with Gasteiger partial charge in [-0.3, -0.25) is 4.79 Å². The number of sulfonamides is 1. The number of amides is 1. The first-order valence-electron chi connectivity index (χ1n) is 9.19. The molecule has 1 aliphatic rings. The van der Waals surface area contributed by atoms with E-state index < -0.39 is 27.7 Å². The molecule has 2 aromatic carbocycles. The van der Waals surface area contributed by atoms with Crippen molar-refractivity contribution in [2.24, 2.45) is 0 Å². The summed E-state index contributed by atoms with van der Waals surface area (Å²) in [7, 11) is -3.57. The van der Waals surface area contributed by atoms with Gasteiger partial charge in [-0.15, -0.1) is 0 Å². The Kier molecular flexibility index (Phi) is 5.94. The van der Waals surface area contributed by atoms with Crippen LogP contribution in [-0.2, 0) is 26.8 Å². The average molecular weight is 442 g/mol. The van der Waals surface area contributed by atoms with E-state index in [2.05, 4.69) is 10.0 Å².